The molecule has 0 heterocycles. The van der Waals surface area contributed by atoms with Gasteiger partial charge in [0.25, 0.3) is 0 Å². The summed E-state index contributed by atoms with van der Waals surface area (Å²) in [6, 6.07) is 0. The molecule has 0 aromatic carbocycles. The van der Waals surface area contributed by atoms with Gasteiger partial charge in [-0.05, 0) is 32.1 Å². The number of hydrogen-bond donors (Lipinski definition) is 0. The van der Waals surface area contributed by atoms with Gasteiger partial charge in [-0.15, -0.1) is 11.6 Å². The van der Waals surface area contributed by atoms with Crippen LogP contribution in [0.15, 0.2) is 0 Å². The molecule has 0 aliphatic rings. The first kappa shape index (κ1) is 12.2. The Hall–Kier alpha value is 0.250. The van der Waals surface area contributed by atoms with Crippen LogP contribution in [-0.2, 0) is 4.74 Å². The quantitative estimate of drug-likeness (QED) is 0.562. The summed E-state index contributed by atoms with van der Waals surface area (Å²) < 4.78 is 5.57. The van der Waals surface area contributed by atoms with Crippen LogP contribution in [0.1, 0.15) is 40.0 Å². The Kier molecular flexibility index (Phi) is 8.04. The normalized spacial score (nSPS) is 16.0. The highest BCUT2D eigenvalue weighted by Gasteiger charge is 2.02. The highest BCUT2D eigenvalue weighted by Crippen LogP contribution is 2.09. The Labute approximate surface area is 81.4 Å². The lowest BCUT2D eigenvalue weighted by Crippen LogP contribution is -2.10. The molecule has 2 heteroatoms. The molecule has 74 valence electrons. The fraction of sp³-hybridized carbons (Fsp3) is 1.00. The Morgan fingerprint density at radius 1 is 1.25 bits per heavy atom. The molecule has 0 aliphatic heterocycles. The van der Waals surface area contributed by atoms with E-state index in [0.717, 1.165) is 31.7 Å². The van der Waals surface area contributed by atoms with Crippen LogP contribution < -0.4 is 0 Å². The minimum Gasteiger partial charge on any atom is -0.379 e. The van der Waals surface area contributed by atoms with Gasteiger partial charge in [-0.25, -0.2) is 0 Å². The smallest absolute Gasteiger partial charge is 0.0544 e. The summed E-state index contributed by atoms with van der Waals surface area (Å²) in [5.74, 6) is 1.47. The van der Waals surface area contributed by atoms with Crippen molar-refractivity contribution in [3.05, 3.63) is 0 Å². The van der Waals surface area contributed by atoms with Crippen LogP contribution in [0.2, 0.25) is 0 Å². The topological polar surface area (TPSA) is 9.23 Å². The van der Waals surface area contributed by atoms with Crippen LogP contribution in [0.5, 0.6) is 0 Å². The summed E-state index contributed by atoms with van der Waals surface area (Å²) in [4.78, 5) is 0. The molecule has 0 fully saturated rings. The van der Waals surface area contributed by atoms with Crippen molar-refractivity contribution in [1.29, 1.82) is 0 Å². The van der Waals surface area contributed by atoms with Gasteiger partial charge in [0.15, 0.2) is 0 Å². The molecule has 0 N–H and O–H groups in total. The third-order valence-electron chi connectivity index (χ3n) is 2.19. The minimum absolute atomic E-state index is 0.410. The Balaban J connectivity index is 3.18. The highest BCUT2D eigenvalue weighted by molar-refractivity contribution is 6.17. The number of rotatable bonds is 7. The van der Waals surface area contributed by atoms with Gasteiger partial charge in [-0.3, -0.25) is 0 Å². The average molecular weight is 193 g/mol. The molecule has 0 aromatic heterocycles. The molecule has 0 saturated heterocycles. The first-order valence-corrected chi connectivity index (χ1v) is 5.41. The number of ether oxygens (including phenoxy) is 1. The fourth-order valence-electron chi connectivity index (χ4n) is 0.919. The summed E-state index contributed by atoms with van der Waals surface area (Å²) in [7, 11) is 0. The van der Waals surface area contributed by atoms with Crippen molar-refractivity contribution in [3.8, 4) is 0 Å². The van der Waals surface area contributed by atoms with Crippen molar-refractivity contribution in [1.82, 2.24) is 0 Å². The minimum atomic E-state index is 0.410. The summed E-state index contributed by atoms with van der Waals surface area (Å²) in [6.45, 7) is 7.37. The van der Waals surface area contributed by atoms with E-state index < -0.39 is 0 Å². The maximum atomic E-state index is 5.62. The predicted octanol–water partition coefficient (Wildman–Crippen LogP) is 3.46. The van der Waals surface area contributed by atoms with Crippen molar-refractivity contribution in [3.63, 3.8) is 0 Å². The van der Waals surface area contributed by atoms with Gasteiger partial charge in [0.1, 0.15) is 0 Å². The second kappa shape index (κ2) is 7.88. The van der Waals surface area contributed by atoms with Gasteiger partial charge in [-0.2, -0.15) is 0 Å². The van der Waals surface area contributed by atoms with Gasteiger partial charge in [0.2, 0.25) is 0 Å². The molecular weight excluding hydrogens is 172 g/mol. The Morgan fingerprint density at radius 3 is 2.42 bits per heavy atom. The first-order valence-electron chi connectivity index (χ1n) is 4.88. The van der Waals surface area contributed by atoms with Gasteiger partial charge in [-0.1, -0.05) is 13.8 Å². The summed E-state index contributed by atoms with van der Waals surface area (Å²) in [6.07, 6.45) is 3.75. The van der Waals surface area contributed by atoms with Gasteiger partial charge < -0.3 is 4.74 Å². The largest absolute Gasteiger partial charge is 0.379 e. The van der Waals surface area contributed by atoms with E-state index in [1.807, 2.05) is 0 Å². The van der Waals surface area contributed by atoms with Crippen molar-refractivity contribution in [2.45, 2.75) is 46.1 Å². The lowest BCUT2D eigenvalue weighted by Gasteiger charge is -2.13. The zero-order valence-electron chi connectivity index (χ0n) is 8.48. The zero-order chi connectivity index (χ0) is 9.40. The second-order valence-electron chi connectivity index (χ2n) is 3.46. The Bertz CT molecular complexity index is 95.8. The molecular formula is C10H21ClO. The van der Waals surface area contributed by atoms with Gasteiger partial charge in [0, 0.05) is 12.5 Å². The molecule has 0 spiro atoms. The van der Waals surface area contributed by atoms with E-state index in [1.54, 1.807) is 0 Å². The SMILES string of the molecule is CCC(C)OCCC(C)CCCl. The fourth-order valence-corrected chi connectivity index (χ4v) is 1.29. The van der Waals surface area contributed by atoms with Gasteiger partial charge >= 0.3 is 0 Å². The van der Waals surface area contributed by atoms with Crippen LogP contribution in [0.4, 0.5) is 0 Å². The molecule has 0 radical (unpaired) electrons. The van der Waals surface area contributed by atoms with E-state index in [1.165, 1.54) is 0 Å². The van der Waals surface area contributed by atoms with Crippen molar-refractivity contribution < 1.29 is 4.74 Å². The molecule has 0 bridgehead atoms. The molecule has 0 saturated carbocycles. The molecule has 0 amide bonds. The predicted molar refractivity (Wildman–Crippen MR) is 54.8 cm³/mol. The third kappa shape index (κ3) is 6.93. The van der Waals surface area contributed by atoms with E-state index >= 15 is 0 Å². The second-order valence-corrected chi connectivity index (χ2v) is 3.84. The van der Waals surface area contributed by atoms with Crippen LogP contribution in [0.25, 0.3) is 0 Å². The maximum Gasteiger partial charge on any atom is 0.0544 e. The van der Waals surface area contributed by atoms with Crippen molar-refractivity contribution in [2.75, 3.05) is 12.5 Å². The number of alkyl halides is 1. The molecule has 0 aliphatic carbocycles. The van der Waals surface area contributed by atoms with E-state index in [4.69, 9.17) is 16.3 Å². The molecule has 0 aromatic rings. The molecule has 2 atom stereocenters. The average Bonchev–Trinajstić information content (AvgIpc) is 2.04. The van der Waals surface area contributed by atoms with E-state index in [-0.39, 0.29) is 0 Å². The Morgan fingerprint density at radius 2 is 1.92 bits per heavy atom. The summed E-state index contributed by atoms with van der Waals surface area (Å²) in [5, 5.41) is 0. The van der Waals surface area contributed by atoms with E-state index in [9.17, 15) is 0 Å². The lowest BCUT2D eigenvalue weighted by molar-refractivity contribution is 0.0552. The summed E-state index contributed by atoms with van der Waals surface area (Å²) >= 11 is 5.62. The standard InChI is InChI=1S/C10H21ClO/c1-4-10(3)12-8-6-9(2)5-7-11/h9-10H,4-8H2,1-3H3. The lowest BCUT2D eigenvalue weighted by atomic mass is 10.1. The molecule has 0 rings (SSSR count). The van der Waals surface area contributed by atoms with Crippen LogP contribution in [0.3, 0.4) is 0 Å². The third-order valence-corrected chi connectivity index (χ3v) is 2.41. The molecule has 12 heavy (non-hydrogen) atoms. The first-order chi connectivity index (χ1) is 5.70. The maximum absolute atomic E-state index is 5.62. The summed E-state index contributed by atoms with van der Waals surface area (Å²) in [5.41, 5.74) is 0. The monoisotopic (exact) mass is 192 g/mol. The molecule has 2 unspecified atom stereocenters. The number of hydrogen-bond acceptors (Lipinski definition) is 1. The van der Waals surface area contributed by atoms with Crippen LogP contribution in [0, 0.1) is 5.92 Å². The molecule has 1 nitrogen and oxygen atoms in total. The van der Waals surface area contributed by atoms with Gasteiger partial charge in [0.05, 0.1) is 6.10 Å². The van der Waals surface area contributed by atoms with E-state index in [2.05, 4.69) is 20.8 Å². The van der Waals surface area contributed by atoms with Crippen molar-refractivity contribution >= 4 is 11.6 Å². The van der Waals surface area contributed by atoms with Crippen LogP contribution in [-0.4, -0.2) is 18.6 Å². The van der Waals surface area contributed by atoms with Crippen molar-refractivity contribution in [2.24, 2.45) is 5.92 Å². The highest BCUT2D eigenvalue weighted by atomic mass is 35.5. The van der Waals surface area contributed by atoms with E-state index in [0.29, 0.717) is 12.0 Å². The van der Waals surface area contributed by atoms with Crippen LogP contribution >= 0.6 is 11.6 Å². The number of halogens is 1. The zero-order valence-corrected chi connectivity index (χ0v) is 9.23.